The van der Waals surface area contributed by atoms with E-state index >= 15 is 0 Å². The fourth-order valence-electron chi connectivity index (χ4n) is 2.21. The van der Waals surface area contributed by atoms with E-state index in [9.17, 15) is 14.3 Å². The number of halogens is 1. The number of hydrogen-bond acceptors (Lipinski definition) is 3. The van der Waals surface area contributed by atoms with Gasteiger partial charge in [0.15, 0.2) is 5.78 Å². The van der Waals surface area contributed by atoms with Crippen molar-refractivity contribution in [3.05, 3.63) is 29.6 Å². The molecule has 1 fully saturated rings. The van der Waals surface area contributed by atoms with Crippen LogP contribution < -0.4 is 4.90 Å². The molecular formula is C13H16FNO2. The van der Waals surface area contributed by atoms with Gasteiger partial charge in [0, 0.05) is 18.7 Å². The van der Waals surface area contributed by atoms with Crippen molar-refractivity contribution in [3.63, 3.8) is 0 Å². The maximum absolute atomic E-state index is 13.8. The van der Waals surface area contributed by atoms with Gasteiger partial charge in [-0.15, -0.1) is 0 Å². The Kier molecular flexibility index (Phi) is 3.43. The van der Waals surface area contributed by atoms with E-state index in [0.717, 1.165) is 0 Å². The lowest BCUT2D eigenvalue weighted by Gasteiger charge is -2.32. The molecule has 17 heavy (non-hydrogen) atoms. The van der Waals surface area contributed by atoms with Crippen molar-refractivity contribution >= 4 is 11.5 Å². The van der Waals surface area contributed by atoms with Crippen molar-refractivity contribution in [1.82, 2.24) is 0 Å². The third-order valence-electron chi connectivity index (χ3n) is 3.15. The lowest BCUT2D eigenvalue weighted by Crippen LogP contribution is -2.37. The number of Topliss-reactive ketones (excluding diaryl/α,β-unsaturated/α-hetero) is 1. The molecule has 0 saturated carbocycles. The van der Waals surface area contributed by atoms with Crippen molar-refractivity contribution < 1.29 is 14.3 Å². The van der Waals surface area contributed by atoms with Gasteiger partial charge in [-0.2, -0.15) is 0 Å². The fraction of sp³-hybridized carbons (Fsp3) is 0.462. The Labute approximate surface area is 99.9 Å². The number of aliphatic hydroxyl groups is 1. The summed E-state index contributed by atoms with van der Waals surface area (Å²) in [5, 5.41) is 9.43. The molecule has 1 N–H and O–H groups in total. The van der Waals surface area contributed by atoms with E-state index in [2.05, 4.69) is 0 Å². The summed E-state index contributed by atoms with van der Waals surface area (Å²) in [4.78, 5) is 13.3. The van der Waals surface area contributed by atoms with Crippen LogP contribution in [0.1, 0.15) is 30.1 Å². The van der Waals surface area contributed by atoms with Crippen LogP contribution in [0, 0.1) is 5.82 Å². The highest BCUT2D eigenvalue weighted by Gasteiger charge is 2.23. The minimum absolute atomic E-state index is 0.134. The Morgan fingerprint density at radius 2 is 2.06 bits per heavy atom. The van der Waals surface area contributed by atoms with Gasteiger partial charge < -0.3 is 10.0 Å². The third-order valence-corrected chi connectivity index (χ3v) is 3.15. The zero-order valence-corrected chi connectivity index (χ0v) is 9.82. The molecule has 0 unspecified atom stereocenters. The van der Waals surface area contributed by atoms with Crippen LogP contribution in [0.4, 0.5) is 10.1 Å². The first-order valence-corrected chi connectivity index (χ1v) is 5.82. The normalized spacial score (nSPS) is 17.2. The fourth-order valence-corrected chi connectivity index (χ4v) is 2.21. The molecule has 0 bridgehead atoms. The molecule has 0 amide bonds. The van der Waals surface area contributed by atoms with E-state index in [1.807, 2.05) is 4.90 Å². The molecule has 0 aromatic heterocycles. The lowest BCUT2D eigenvalue weighted by atomic mass is 10.0. The molecule has 1 aromatic carbocycles. The number of carbonyl (C=O) groups excluding carboxylic acids is 1. The summed E-state index contributed by atoms with van der Waals surface area (Å²) >= 11 is 0. The minimum Gasteiger partial charge on any atom is -0.393 e. The topological polar surface area (TPSA) is 40.5 Å². The SMILES string of the molecule is CC(=O)c1cccc(F)c1N1CCC(O)CC1. The maximum atomic E-state index is 13.8. The number of anilines is 1. The Morgan fingerprint density at radius 1 is 1.41 bits per heavy atom. The second kappa shape index (κ2) is 4.84. The molecule has 1 aromatic rings. The summed E-state index contributed by atoms with van der Waals surface area (Å²) in [6.07, 6.45) is 0.927. The van der Waals surface area contributed by atoms with Gasteiger partial charge in [-0.25, -0.2) is 4.39 Å². The number of benzene rings is 1. The highest BCUT2D eigenvalue weighted by Crippen LogP contribution is 2.27. The lowest BCUT2D eigenvalue weighted by molar-refractivity contribution is 0.101. The summed E-state index contributed by atoms with van der Waals surface area (Å²) in [6, 6.07) is 4.56. The highest BCUT2D eigenvalue weighted by molar-refractivity contribution is 5.99. The summed E-state index contributed by atoms with van der Waals surface area (Å²) in [5.41, 5.74) is 0.799. The largest absolute Gasteiger partial charge is 0.393 e. The molecule has 1 aliphatic rings. The molecule has 0 aliphatic carbocycles. The predicted octanol–water partition coefficient (Wildman–Crippen LogP) is 1.99. The van der Waals surface area contributed by atoms with Crippen LogP contribution in [-0.2, 0) is 0 Å². The van der Waals surface area contributed by atoms with Crippen LogP contribution in [0.5, 0.6) is 0 Å². The Morgan fingerprint density at radius 3 is 2.65 bits per heavy atom. The van der Waals surface area contributed by atoms with Crippen molar-refractivity contribution in [2.45, 2.75) is 25.9 Å². The average molecular weight is 237 g/mol. The Hall–Kier alpha value is -1.42. The third kappa shape index (κ3) is 2.47. The van der Waals surface area contributed by atoms with Gasteiger partial charge in [0.1, 0.15) is 5.82 Å². The van der Waals surface area contributed by atoms with Gasteiger partial charge in [-0.05, 0) is 31.9 Å². The molecule has 1 heterocycles. The Balaban J connectivity index is 2.33. The molecule has 0 radical (unpaired) electrons. The molecular weight excluding hydrogens is 221 g/mol. The second-order valence-corrected chi connectivity index (χ2v) is 4.41. The van der Waals surface area contributed by atoms with E-state index in [0.29, 0.717) is 37.2 Å². The standard InChI is InChI=1S/C13H16FNO2/c1-9(16)11-3-2-4-12(14)13(11)15-7-5-10(17)6-8-15/h2-4,10,17H,5-8H2,1H3. The van der Waals surface area contributed by atoms with Gasteiger partial charge in [0.25, 0.3) is 0 Å². The van der Waals surface area contributed by atoms with E-state index in [-0.39, 0.29) is 17.7 Å². The van der Waals surface area contributed by atoms with E-state index < -0.39 is 0 Å². The van der Waals surface area contributed by atoms with Crippen molar-refractivity contribution in [3.8, 4) is 0 Å². The molecule has 3 nitrogen and oxygen atoms in total. The first-order chi connectivity index (χ1) is 8.09. The molecule has 4 heteroatoms. The first-order valence-electron chi connectivity index (χ1n) is 5.82. The van der Waals surface area contributed by atoms with E-state index in [1.165, 1.54) is 13.0 Å². The average Bonchev–Trinajstić information content (AvgIpc) is 2.30. The van der Waals surface area contributed by atoms with Gasteiger partial charge >= 0.3 is 0 Å². The van der Waals surface area contributed by atoms with Gasteiger partial charge in [0.2, 0.25) is 0 Å². The van der Waals surface area contributed by atoms with E-state index in [4.69, 9.17) is 0 Å². The summed E-state index contributed by atoms with van der Waals surface area (Å²) in [7, 11) is 0. The van der Waals surface area contributed by atoms with Crippen molar-refractivity contribution in [2.75, 3.05) is 18.0 Å². The smallest absolute Gasteiger partial charge is 0.161 e. The van der Waals surface area contributed by atoms with Crippen LogP contribution in [-0.4, -0.2) is 30.1 Å². The van der Waals surface area contributed by atoms with Gasteiger partial charge in [-0.3, -0.25) is 4.79 Å². The summed E-state index contributed by atoms with van der Waals surface area (Å²) < 4.78 is 13.8. The van der Waals surface area contributed by atoms with Gasteiger partial charge in [0.05, 0.1) is 11.8 Å². The number of carbonyl (C=O) groups is 1. The van der Waals surface area contributed by atoms with Crippen molar-refractivity contribution in [1.29, 1.82) is 0 Å². The molecule has 1 saturated heterocycles. The number of rotatable bonds is 2. The zero-order chi connectivity index (χ0) is 12.4. The number of aliphatic hydroxyl groups excluding tert-OH is 1. The molecule has 0 atom stereocenters. The van der Waals surface area contributed by atoms with Crippen LogP contribution >= 0.6 is 0 Å². The highest BCUT2D eigenvalue weighted by atomic mass is 19.1. The number of piperidine rings is 1. The number of ketones is 1. The van der Waals surface area contributed by atoms with Crippen LogP contribution in [0.15, 0.2) is 18.2 Å². The minimum atomic E-state index is -0.367. The van der Waals surface area contributed by atoms with Crippen LogP contribution in [0.3, 0.4) is 0 Å². The van der Waals surface area contributed by atoms with Crippen molar-refractivity contribution in [2.24, 2.45) is 0 Å². The first kappa shape index (κ1) is 12.0. The molecule has 92 valence electrons. The van der Waals surface area contributed by atoms with Crippen LogP contribution in [0.25, 0.3) is 0 Å². The molecule has 1 aliphatic heterocycles. The quantitative estimate of drug-likeness (QED) is 0.800. The molecule has 0 spiro atoms. The number of hydrogen-bond donors (Lipinski definition) is 1. The zero-order valence-electron chi connectivity index (χ0n) is 9.82. The second-order valence-electron chi connectivity index (χ2n) is 4.41. The predicted molar refractivity (Wildman–Crippen MR) is 63.9 cm³/mol. The maximum Gasteiger partial charge on any atom is 0.161 e. The van der Waals surface area contributed by atoms with Crippen LogP contribution in [0.2, 0.25) is 0 Å². The van der Waals surface area contributed by atoms with Gasteiger partial charge in [-0.1, -0.05) is 6.07 Å². The summed E-state index contributed by atoms with van der Waals surface area (Å²) in [5.74, 6) is -0.500. The Bertz CT molecular complexity index is 425. The number of para-hydroxylation sites is 1. The number of nitrogens with zero attached hydrogens (tertiary/aromatic N) is 1. The molecule has 2 rings (SSSR count). The monoisotopic (exact) mass is 237 g/mol. The van der Waals surface area contributed by atoms with E-state index in [1.54, 1.807) is 12.1 Å². The summed E-state index contributed by atoms with van der Waals surface area (Å²) in [6.45, 7) is 2.61.